The molecule has 0 aliphatic carbocycles. The first-order chi connectivity index (χ1) is 15.2. The van der Waals surface area contributed by atoms with E-state index in [4.69, 9.17) is 34.8 Å². The lowest BCUT2D eigenvalue weighted by Crippen LogP contribution is -2.27. The minimum atomic E-state index is -0.481. The van der Waals surface area contributed by atoms with Gasteiger partial charge in [-0.3, -0.25) is 14.5 Å². The zero-order chi connectivity index (χ0) is 23.2. The first-order valence-electron chi connectivity index (χ1n) is 9.49. The van der Waals surface area contributed by atoms with Crippen molar-refractivity contribution in [2.24, 2.45) is 0 Å². The molecule has 9 heteroatoms. The Labute approximate surface area is 203 Å². The van der Waals surface area contributed by atoms with Gasteiger partial charge in [-0.05, 0) is 79.2 Å². The van der Waals surface area contributed by atoms with E-state index in [0.29, 0.717) is 20.5 Å². The molecule has 2 heterocycles. The van der Waals surface area contributed by atoms with Crippen LogP contribution in [0.5, 0.6) is 0 Å². The quantitative estimate of drug-likeness (QED) is 0.343. The van der Waals surface area contributed by atoms with Crippen molar-refractivity contribution in [3.8, 4) is 5.69 Å². The third kappa shape index (κ3) is 4.33. The van der Waals surface area contributed by atoms with Gasteiger partial charge in [-0.25, -0.2) is 4.39 Å². The van der Waals surface area contributed by atoms with E-state index < -0.39 is 17.0 Å². The second-order valence-corrected chi connectivity index (χ2v) is 9.48. The molecular formula is C23H16Cl3FN2O2S. The highest BCUT2D eigenvalue weighted by atomic mass is 35.5. The predicted molar refractivity (Wildman–Crippen MR) is 128 cm³/mol. The van der Waals surface area contributed by atoms with Crippen LogP contribution in [0.15, 0.2) is 47.4 Å². The van der Waals surface area contributed by atoms with Crippen LogP contribution in [0.1, 0.15) is 22.5 Å². The number of thioether (sulfide) groups is 1. The molecule has 0 radical (unpaired) electrons. The maximum atomic E-state index is 13.3. The second kappa shape index (κ2) is 8.94. The molecule has 1 aromatic heterocycles. The van der Waals surface area contributed by atoms with Crippen LogP contribution >= 0.6 is 46.6 Å². The summed E-state index contributed by atoms with van der Waals surface area (Å²) in [6, 6.07) is 11.2. The summed E-state index contributed by atoms with van der Waals surface area (Å²) in [5, 5.41) is 0.671. The maximum absolute atomic E-state index is 13.3. The normalized spacial score (nSPS) is 15.3. The van der Waals surface area contributed by atoms with Gasteiger partial charge in [-0.15, -0.1) is 0 Å². The maximum Gasteiger partial charge on any atom is 0.293 e. The molecule has 1 aliphatic rings. The van der Waals surface area contributed by atoms with Crippen molar-refractivity contribution in [3.63, 3.8) is 0 Å². The number of nitrogens with zero attached hydrogens (tertiary/aromatic N) is 2. The molecule has 0 atom stereocenters. The van der Waals surface area contributed by atoms with E-state index in [1.165, 1.54) is 12.1 Å². The zero-order valence-electron chi connectivity index (χ0n) is 17.0. The minimum Gasteiger partial charge on any atom is -0.318 e. The Hall–Kier alpha value is -2.25. The molecule has 1 fully saturated rings. The van der Waals surface area contributed by atoms with Gasteiger partial charge in [0.1, 0.15) is 5.82 Å². The fourth-order valence-corrected chi connectivity index (χ4v) is 4.90. The summed E-state index contributed by atoms with van der Waals surface area (Å²) in [7, 11) is 0. The topological polar surface area (TPSA) is 42.3 Å². The number of rotatable bonds is 4. The minimum absolute atomic E-state index is 0.0244. The van der Waals surface area contributed by atoms with E-state index in [1.54, 1.807) is 18.2 Å². The average Bonchev–Trinajstić information content (AvgIpc) is 3.15. The standard InChI is InChI=1S/C23H16Cl3FN2O2S/c1-12-7-15(13(2)29(12)17-5-6-18(24)20(26)10-17)8-21-22(30)28(23(31)32-21)11-14-3-4-16(27)9-19(14)25/h3-10H,11H2,1-2H3/b21-8+. The van der Waals surface area contributed by atoms with Crippen LogP contribution in [0.3, 0.4) is 0 Å². The molecule has 0 spiro atoms. The number of imide groups is 1. The number of halogens is 4. The number of amides is 2. The van der Waals surface area contributed by atoms with E-state index in [9.17, 15) is 14.0 Å². The Bertz CT molecular complexity index is 1300. The molecule has 0 saturated carbocycles. The van der Waals surface area contributed by atoms with Crippen molar-refractivity contribution in [3.05, 3.63) is 90.8 Å². The molecule has 1 saturated heterocycles. The Kier molecular flexibility index (Phi) is 6.41. The third-order valence-electron chi connectivity index (χ3n) is 5.14. The number of carbonyl (C=O) groups excluding carboxylic acids is 2. The van der Waals surface area contributed by atoms with Gasteiger partial charge < -0.3 is 4.57 Å². The van der Waals surface area contributed by atoms with Crippen molar-refractivity contribution in [1.29, 1.82) is 0 Å². The van der Waals surface area contributed by atoms with Crippen LogP contribution in [0.4, 0.5) is 9.18 Å². The highest BCUT2D eigenvalue weighted by molar-refractivity contribution is 8.18. The van der Waals surface area contributed by atoms with E-state index in [2.05, 4.69) is 0 Å². The van der Waals surface area contributed by atoms with Crippen LogP contribution in [-0.4, -0.2) is 20.6 Å². The van der Waals surface area contributed by atoms with Crippen LogP contribution in [0, 0.1) is 19.7 Å². The number of aryl methyl sites for hydroxylation is 1. The van der Waals surface area contributed by atoms with Gasteiger partial charge >= 0.3 is 0 Å². The Morgan fingerprint density at radius 3 is 2.41 bits per heavy atom. The summed E-state index contributed by atoms with van der Waals surface area (Å²) in [5.41, 5.74) is 3.96. The molecule has 4 nitrogen and oxygen atoms in total. The van der Waals surface area contributed by atoms with Gasteiger partial charge in [0.15, 0.2) is 0 Å². The number of carbonyl (C=O) groups is 2. The monoisotopic (exact) mass is 508 g/mol. The van der Waals surface area contributed by atoms with E-state index in [0.717, 1.165) is 45.4 Å². The first kappa shape index (κ1) is 22.9. The Morgan fingerprint density at radius 1 is 0.969 bits per heavy atom. The summed E-state index contributed by atoms with van der Waals surface area (Å²) < 4.78 is 15.3. The van der Waals surface area contributed by atoms with Gasteiger partial charge in [0.05, 0.1) is 21.5 Å². The highest BCUT2D eigenvalue weighted by Crippen LogP contribution is 2.36. The number of benzene rings is 2. The number of hydrogen-bond donors (Lipinski definition) is 0. The molecule has 0 N–H and O–H groups in total. The molecule has 4 rings (SSSR count). The van der Waals surface area contributed by atoms with Crippen LogP contribution in [0.25, 0.3) is 11.8 Å². The lowest BCUT2D eigenvalue weighted by molar-refractivity contribution is -0.123. The van der Waals surface area contributed by atoms with Crippen LogP contribution < -0.4 is 0 Å². The zero-order valence-corrected chi connectivity index (χ0v) is 20.0. The SMILES string of the molecule is Cc1cc(/C=C2/SC(=O)N(Cc3ccc(F)cc3Cl)C2=O)c(C)n1-c1ccc(Cl)c(Cl)c1. The molecule has 0 bridgehead atoms. The summed E-state index contributed by atoms with van der Waals surface area (Å²) in [6.07, 6.45) is 1.70. The summed E-state index contributed by atoms with van der Waals surface area (Å²) in [6.45, 7) is 3.84. The van der Waals surface area contributed by atoms with Gasteiger partial charge in [0.2, 0.25) is 0 Å². The Balaban J connectivity index is 1.64. The summed E-state index contributed by atoms with van der Waals surface area (Å²) >= 11 is 19.1. The van der Waals surface area contributed by atoms with Gasteiger partial charge in [-0.2, -0.15) is 0 Å². The van der Waals surface area contributed by atoms with Crippen molar-refractivity contribution in [2.45, 2.75) is 20.4 Å². The fourth-order valence-electron chi connectivity index (χ4n) is 3.55. The molecular weight excluding hydrogens is 494 g/mol. The van der Waals surface area contributed by atoms with Gasteiger partial charge in [-0.1, -0.05) is 40.9 Å². The highest BCUT2D eigenvalue weighted by Gasteiger charge is 2.35. The van der Waals surface area contributed by atoms with Crippen LogP contribution in [0.2, 0.25) is 15.1 Å². The number of hydrogen-bond acceptors (Lipinski definition) is 3. The average molecular weight is 510 g/mol. The molecule has 1 aliphatic heterocycles. The smallest absolute Gasteiger partial charge is 0.293 e. The molecule has 2 aromatic carbocycles. The Morgan fingerprint density at radius 2 is 1.72 bits per heavy atom. The van der Waals surface area contributed by atoms with E-state index in [1.807, 2.05) is 30.5 Å². The second-order valence-electron chi connectivity index (χ2n) is 7.26. The summed E-state index contributed by atoms with van der Waals surface area (Å²) in [4.78, 5) is 26.8. The molecule has 32 heavy (non-hydrogen) atoms. The fraction of sp³-hybridized carbons (Fsp3) is 0.130. The molecule has 2 amide bonds. The molecule has 3 aromatic rings. The lowest BCUT2D eigenvalue weighted by Gasteiger charge is -2.13. The first-order valence-corrected chi connectivity index (χ1v) is 11.4. The van der Waals surface area contributed by atoms with E-state index in [-0.39, 0.29) is 11.6 Å². The largest absolute Gasteiger partial charge is 0.318 e. The number of aromatic nitrogens is 1. The van der Waals surface area contributed by atoms with Crippen molar-refractivity contribution >= 4 is 63.8 Å². The van der Waals surface area contributed by atoms with Gasteiger partial charge in [0.25, 0.3) is 11.1 Å². The molecule has 0 unspecified atom stereocenters. The van der Waals surface area contributed by atoms with Crippen LogP contribution in [-0.2, 0) is 11.3 Å². The predicted octanol–water partition coefficient (Wildman–Crippen LogP) is 7.43. The lowest BCUT2D eigenvalue weighted by atomic mass is 10.2. The van der Waals surface area contributed by atoms with Crippen molar-refractivity contribution < 1.29 is 14.0 Å². The molecule has 164 valence electrons. The summed E-state index contributed by atoms with van der Waals surface area (Å²) in [5.74, 6) is -0.898. The van der Waals surface area contributed by atoms with Gasteiger partial charge in [0, 0.05) is 22.1 Å². The van der Waals surface area contributed by atoms with Crippen molar-refractivity contribution in [1.82, 2.24) is 9.47 Å². The van der Waals surface area contributed by atoms with E-state index >= 15 is 0 Å². The third-order valence-corrected chi connectivity index (χ3v) is 7.13. The van der Waals surface area contributed by atoms with Crippen molar-refractivity contribution in [2.75, 3.05) is 0 Å².